The summed E-state index contributed by atoms with van der Waals surface area (Å²) in [6, 6.07) is 5.58. The lowest BCUT2D eigenvalue weighted by Crippen LogP contribution is -1.86. The van der Waals surface area contributed by atoms with E-state index in [2.05, 4.69) is 9.97 Å². The highest BCUT2D eigenvalue weighted by Crippen LogP contribution is 2.19. The maximum absolute atomic E-state index is 5.93. The Morgan fingerprint density at radius 2 is 1.93 bits per heavy atom. The van der Waals surface area contributed by atoms with Crippen molar-refractivity contribution in [2.75, 3.05) is 0 Å². The molecule has 1 aromatic carbocycles. The molecule has 0 aliphatic heterocycles. The highest BCUT2D eigenvalue weighted by Gasteiger charge is 1.99. The molecule has 0 N–H and O–H groups in total. The molecule has 0 spiro atoms. The van der Waals surface area contributed by atoms with Crippen LogP contribution < -0.4 is 0 Å². The number of benzene rings is 1. The molecule has 0 aliphatic rings. The Bertz CT molecular complexity index is 427. The number of aryl methyl sites for hydroxylation is 1. The van der Waals surface area contributed by atoms with Crippen molar-refractivity contribution in [3.8, 4) is 0 Å². The molecule has 14 heavy (non-hydrogen) atoms. The molecule has 3 heteroatoms. The Morgan fingerprint density at radius 3 is 2.64 bits per heavy atom. The quantitative estimate of drug-likeness (QED) is 0.661. The number of halogens is 1. The van der Waals surface area contributed by atoms with Crippen LogP contribution in [0.5, 0.6) is 0 Å². The Morgan fingerprint density at radius 1 is 1.21 bits per heavy atom. The van der Waals surface area contributed by atoms with E-state index in [-0.39, 0.29) is 0 Å². The first kappa shape index (κ1) is 10.9. The number of rotatable bonds is 0. The van der Waals surface area contributed by atoms with Gasteiger partial charge in [0.05, 0.1) is 16.2 Å². The van der Waals surface area contributed by atoms with Crippen molar-refractivity contribution in [2.24, 2.45) is 0 Å². The summed E-state index contributed by atoms with van der Waals surface area (Å²) in [5.74, 6) is 0. The molecule has 0 aliphatic carbocycles. The maximum atomic E-state index is 5.93. The molecule has 0 unspecified atom stereocenters. The van der Waals surface area contributed by atoms with Crippen molar-refractivity contribution in [3.63, 3.8) is 0 Å². The summed E-state index contributed by atoms with van der Waals surface area (Å²) < 4.78 is 0. The molecule has 2 aromatic rings. The number of aromatic nitrogens is 2. The van der Waals surface area contributed by atoms with Crippen LogP contribution in [0.25, 0.3) is 11.0 Å². The second kappa shape index (κ2) is 4.91. The summed E-state index contributed by atoms with van der Waals surface area (Å²) in [7, 11) is 0. The number of nitrogens with zero attached hydrogens (tertiary/aromatic N) is 2. The van der Waals surface area contributed by atoms with Gasteiger partial charge in [-0.2, -0.15) is 0 Å². The van der Waals surface area contributed by atoms with Crippen molar-refractivity contribution < 1.29 is 0 Å². The smallest absolute Gasteiger partial charge is 0.108 e. The van der Waals surface area contributed by atoms with Crippen LogP contribution in [0.4, 0.5) is 0 Å². The van der Waals surface area contributed by atoms with Crippen molar-refractivity contribution in [3.05, 3.63) is 35.1 Å². The van der Waals surface area contributed by atoms with Crippen LogP contribution in [0.15, 0.2) is 24.4 Å². The topological polar surface area (TPSA) is 25.8 Å². The zero-order chi connectivity index (χ0) is 10.6. The van der Waals surface area contributed by atoms with Gasteiger partial charge in [-0.25, -0.2) is 4.98 Å². The monoisotopic (exact) mass is 208 g/mol. The summed E-state index contributed by atoms with van der Waals surface area (Å²) in [6.07, 6.45) is 1.73. The minimum atomic E-state index is 0.656. The molecule has 0 atom stereocenters. The average Bonchev–Trinajstić information content (AvgIpc) is 2.22. The summed E-state index contributed by atoms with van der Waals surface area (Å²) >= 11 is 5.93. The molecule has 74 valence electrons. The third kappa shape index (κ3) is 2.20. The zero-order valence-corrected chi connectivity index (χ0v) is 9.34. The van der Waals surface area contributed by atoms with E-state index in [0.717, 1.165) is 16.7 Å². The van der Waals surface area contributed by atoms with Crippen molar-refractivity contribution in [2.45, 2.75) is 20.8 Å². The summed E-state index contributed by atoms with van der Waals surface area (Å²) in [5.41, 5.74) is 2.50. The second-order valence-corrected chi connectivity index (χ2v) is 3.03. The molecule has 0 saturated carbocycles. The van der Waals surface area contributed by atoms with Gasteiger partial charge in [0.15, 0.2) is 0 Å². The van der Waals surface area contributed by atoms with Crippen molar-refractivity contribution >= 4 is 22.6 Å². The minimum Gasteiger partial charge on any atom is -0.253 e. The van der Waals surface area contributed by atoms with E-state index in [1.54, 1.807) is 6.20 Å². The van der Waals surface area contributed by atoms with Gasteiger partial charge >= 0.3 is 0 Å². The molecule has 2 nitrogen and oxygen atoms in total. The van der Waals surface area contributed by atoms with Gasteiger partial charge in [-0.05, 0) is 19.1 Å². The van der Waals surface area contributed by atoms with Crippen LogP contribution in [-0.4, -0.2) is 9.97 Å². The molecule has 0 amide bonds. The lowest BCUT2D eigenvalue weighted by atomic mass is 10.3. The Kier molecular flexibility index (Phi) is 3.84. The Labute approximate surface area is 89.0 Å². The molecule has 1 heterocycles. The van der Waals surface area contributed by atoms with Crippen LogP contribution in [0, 0.1) is 6.92 Å². The van der Waals surface area contributed by atoms with Gasteiger partial charge in [-0.3, -0.25) is 4.98 Å². The zero-order valence-electron chi connectivity index (χ0n) is 8.58. The minimum absolute atomic E-state index is 0.656. The van der Waals surface area contributed by atoms with Crippen LogP contribution in [0.2, 0.25) is 5.02 Å². The summed E-state index contributed by atoms with van der Waals surface area (Å²) in [6.45, 7) is 5.90. The fourth-order valence-electron chi connectivity index (χ4n) is 1.09. The summed E-state index contributed by atoms with van der Waals surface area (Å²) in [5, 5.41) is 0.656. The number of hydrogen-bond acceptors (Lipinski definition) is 2. The molecule has 1 aromatic heterocycles. The van der Waals surface area contributed by atoms with Gasteiger partial charge in [0.2, 0.25) is 0 Å². The molecule has 0 bridgehead atoms. The standard InChI is InChI=1S/C9H7ClN2.C2H6/c1-6-5-11-8-4-2-3-7(10)9(8)12-6;1-2/h2-5H,1H3;1-2H3. The average molecular weight is 209 g/mol. The molecule has 0 fully saturated rings. The van der Waals surface area contributed by atoms with Crippen molar-refractivity contribution in [1.82, 2.24) is 9.97 Å². The van der Waals surface area contributed by atoms with E-state index in [4.69, 9.17) is 11.6 Å². The normalized spacial score (nSPS) is 9.43. The van der Waals surface area contributed by atoms with E-state index < -0.39 is 0 Å². The van der Waals surface area contributed by atoms with Crippen LogP contribution in [0.1, 0.15) is 19.5 Å². The van der Waals surface area contributed by atoms with Crippen LogP contribution >= 0.6 is 11.6 Å². The third-order valence-corrected chi connectivity index (χ3v) is 1.95. The fourth-order valence-corrected chi connectivity index (χ4v) is 1.30. The predicted octanol–water partition coefficient (Wildman–Crippen LogP) is 3.62. The molecule has 2 rings (SSSR count). The molecule has 0 radical (unpaired) electrons. The fraction of sp³-hybridized carbons (Fsp3) is 0.273. The van der Waals surface area contributed by atoms with Gasteiger partial charge in [0, 0.05) is 6.20 Å². The first-order valence-corrected chi connectivity index (χ1v) is 5.03. The lowest BCUT2D eigenvalue weighted by Gasteiger charge is -1.98. The second-order valence-electron chi connectivity index (χ2n) is 2.62. The van der Waals surface area contributed by atoms with E-state index in [1.807, 2.05) is 39.0 Å². The molecular weight excluding hydrogens is 196 g/mol. The van der Waals surface area contributed by atoms with Gasteiger partial charge < -0.3 is 0 Å². The Balaban J connectivity index is 0.000000461. The predicted molar refractivity (Wildman–Crippen MR) is 60.6 cm³/mol. The van der Waals surface area contributed by atoms with E-state index >= 15 is 0 Å². The number of hydrogen-bond donors (Lipinski definition) is 0. The number of para-hydroxylation sites is 1. The van der Waals surface area contributed by atoms with E-state index in [0.29, 0.717) is 5.02 Å². The highest BCUT2D eigenvalue weighted by atomic mass is 35.5. The van der Waals surface area contributed by atoms with Gasteiger partial charge in [0.1, 0.15) is 5.52 Å². The Hall–Kier alpha value is -1.15. The van der Waals surface area contributed by atoms with Crippen LogP contribution in [-0.2, 0) is 0 Å². The van der Waals surface area contributed by atoms with Gasteiger partial charge in [0.25, 0.3) is 0 Å². The maximum Gasteiger partial charge on any atom is 0.108 e. The third-order valence-electron chi connectivity index (χ3n) is 1.64. The molecular formula is C11H13ClN2. The first-order valence-electron chi connectivity index (χ1n) is 4.65. The highest BCUT2D eigenvalue weighted by molar-refractivity contribution is 6.34. The van der Waals surface area contributed by atoms with Crippen molar-refractivity contribution in [1.29, 1.82) is 0 Å². The van der Waals surface area contributed by atoms with Gasteiger partial charge in [-0.15, -0.1) is 0 Å². The molecule has 0 saturated heterocycles. The van der Waals surface area contributed by atoms with E-state index in [9.17, 15) is 0 Å². The summed E-state index contributed by atoms with van der Waals surface area (Å²) in [4.78, 5) is 8.48. The lowest BCUT2D eigenvalue weighted by molar-refractivity contribution is 1.18. The number of fused-ring (bicyclic) bond motifs is 1. The SMILES string of the molecule is CC.Cc1cnc2cccc(Cl)c2n1. The van der Waals surface area contributed by atoms with Crippen LogP contribution in [0.3, 0.4) is 0 Å². The largest absolute Gasteiger partial charge is 0.253 e. The van der Waals surface area contributed by atoms with Gasteiger partial charge in [-0.1, -0.05) is 31.5 Å². The first-order chi connectivity index (χ1) is 6.77. The van der Waals surface area contributed by atoms with E-state index in [1.165, 1.54) is 0 Å².